The molecule has 78 valence electrons. The lowest BCUT2D eigenvalue weighted by Gasteiger charge is -2.06. The summed E-state index contributed by atoms with van der Waals surface area (Å²) in [6, 6.07) is 10.8. The van der Waals surface area contributed by atoms with Gasteiger partial charge in [0.25, 0.3) is 0 Å². The number of aromatic nitrogens is 1. The van der Waals surface area contributed by atoms with Gasteiger partial charge in [0.05, 0.1) is 11.6 Å². The Hall–Kier alpha value is -2.05. The van der Waals surface area contributed by atoms with E-state index in [4.69, 9.17) is 22.6 Å². The number of benzene rings is 1. The molecule has 16 heavy (non-hydrogen) atoms. The van der Waals surface area contributed by atoms with Gasteiger partial charge in [-0.3, -0.25) is 0 Å². The molecule has 3 nitrogen and oxygen atoms in total. The molecular weight excluding hydrogens is 222 g/mol. The minimum Gasteiger partial charge on any atom is -0.398 e. The summed E-state index contributed by atoms with van der Waals surface area (Å²) in [6.45, 7) is 0. The van der Waals surface area contributed by atoms with E-state index in [1.807, 2.05) is 0 Å². The first-order chi connectivity index (χ1) is 7.72. The number of nitriles is 1. The summed E-state index contributed by atoms with van der Waals surface area (Å²) in [4.78, 5) is 3.98. The molecule has 1 aromatic carbocycles. The maximum absolute atomic E-state index is 8.70. The molecule has 0 spiro atoms. The molecule has 0 amide bonds. The predicted octanol–water partition coefficient (Wildman–Crippen LogP) is 2.86. The highest BCUT2D eigenvalue weighted by Crippen LogP contribution is 2.31. The number of nitrogens with two attached hydrogens (primary N) is 1. The Morgan fingerprint density at radius 1 is 1.19 bits per heavy atom. The minimum absolute atomic E-state index is 0.365. The molecule has 0 fully saturated rings. The van der Waals surface area contributed by atoms with Crippen LogP contribution in [0.25, 0.3) is 11.1 Å². The van der Waals surface area contributed by atoms with Crippen LogP contribution in [0.2, 0.25) is 5.15 Å². The van der Waals surface area contributed by atoms with Gasteiger partial charge in [0.1, 0.15) is 5.15 Å². The molecule has 0 saturated carbocycles. The summed E-state index contributed by atoms with van der Waals surface area (Å²) in [5.41, 5.74) is 8.57. The molecule has 0 radical (unpaired) electrons. The quantitative estimate of drug-likeness (QED) is 0.765. The Balaban J connectivity index is 2.55. The first-order valence-electron chi connectivity index (χ1n) is 4.63. The van der Waals surface area contributed by atoms with Gasteiger partial charge < -0.3 is 5.73 Å². The number of anilines is 1. The maximum atomic E-state index is 8.70. The number of rotatable bonds is 1. The topological polar surface area (TPSA) is 62.7 Å². The summed E-state index contributed by atoms with van der Waals surface area (Å²) in [6.07, 6.45) is 1.56. The molecule has 4 heteroatoms. The van der Waals surface area contributed by atoms with Crippen molar-refractivity contribution in [3.8, 4) is 17.2 Å². The molecule has 1 heterocycles. The highest BCUT2D eigenvalue weighted by Gasteiger charge is 2.08. The van der Waals surface area contributed by atoms with Gasteiger partial charge in [0.15, 0.2) is 0 Å². The van der Waals surface area contributed by atoms with Gasteiger partial charge in [-0.2, -0.15) is 5.26 Å². The van der Waals surface area contributed by atoms with Crippen molar-refractivity contribution in [1.29, 1.82) is 5.26 Å². The van der Waals surface area contributed by atoms with Crippen molar-refractivity contribution < 1.29 is 0 Å². The molecule has 2 aromatic rings. The lowest BCUT2D eigenvalue weighted by Crippen LogP contribution is -1.92. The lowest BCUT2D eigenvalue weighted by atomic mass is 10.0. The van der Waals surface area contributed by atoms with E-state index in [1.165, 1.54) is 0 Å². The molecule has 0 bridgehead atoms. The summed E-state index contributed by atoms with van der Waals surface area (Å²) < 4.78 is 0. The van der Waals surface area contributed by atoms with Crippen molar-refractivity contribution in [2.45, 2.75) is 0 Å². The fourth-order valence-electron chi connectivity index (χ4n) is 1.45. The average molecular weight is 230 g/mol. The Morgan fingerprint density at radius 3 is 2.44 bits per heavy atom. The summed E-state index contributed by atoms with van der Waals surface area (Å²) in [5.74, 6) is 0. The molecule has 0 atom stereocenters. The molecule has 0 aliphatic heterocycles. The number of pyridine rings is 1. The minimum atomic E-state index is 0.365. The summed E-state index contributed by atoms with van der Waals surface area (Å²) >= 11 is 5.98. The highest BCUT2D eigenvalue weighted by atomic mass is 35.5. The van der Waals surface area contributed by atoms with Crippen LogP contribution in [0.5, 0.6) is 0 Å². The number of nitrogen functional groups attached to an aromatic ring is 1. The van der Waals surface area contributed by atoms with Crippen LogP contribution >= 0.6 is 11.6 Å². The second kappa shape index (κ2) is 4.21. The second-order valence-corrected chi connectivity index (χ2v) is 3.61. The zero-order chi connectivity index (χ0) is 11.5. The normalized spacial score (nSPS) is 9.75. The van der Waals surface area contributed by atoms with Crippen molar-refractivity contribution in [2.24, 2.45) is 0 Å². The molecule has 2 N–H and O–H groups in total. The van der Waals surface area contributed by atoms with Crippen LogP contribution in [-0.4, -0.2) is 4.98 Å². The average Bonchev–Trinajstić information content (AvgIpc) is 2.30. The molecule has 2 rings (SSSR count). The van der Waals surface area contributed by atoms with Gasteiger partial charge in [-0.05, 0) is 23.8 Å². The van der Waals surface area contributed by atoms with Crippen LogP contribution in [0.3, 0.4) is 0 Å². The van der Waals surface area contributed by atoms with Crippen LogP contribution in [0.15, 0.2) is 36.5 Å². The third-order valence-electron chi connectivity index (χ3n) is 2.24. The van der Waals surface area contributed by atoms with Gasteiger partial charge in [0, 0.05) is 17.4 Å². The predicted molar refractivity (Wildman–Crippen MR) is 63.8 cm³/mol. The standard InChI is InChI=1S/C12H8ClN3/c13-12-11(10(15)5-6-16-12)9-3-1-8(7-14)2-4-9/h1-6H,(H2,15,16). The fourth-order valence-corrected chi connectivity index (χ4v) is 1.72. The van der Waals surface area contributed by atoms with Crippen LogP contribution in [0.1, 0.15) is 5.56 Å². The fraction of sp³-hybridized carbons (Fsp3) is 0. The molecule has 0 saturated heterocycles. The van der Waals surface area contributed by atoms with Gasteiger partial charge in [-0.1, -0.05) is 23.7 Å². The van der Waals surface area contributed by atoms with Gasteiger partial charge in [-0.15, -0.1) is 0 Å². The van der Waals surface area contributed by atoms with Crippen molar-refractivity contribution in [3.63, 3.8) is 0 Å². The first kappa shape index (κ1) is 10.5. The van der Waals surface area contributed by atoms with Crippen LogP contribution < -0.4 is 5.73 Å². The van der Waals surface area contributed by atoms with Crippen molar-refractivity contribution >= 4 is 17.3 Å². The third kappa shape index (κ3) is 1.83. The smallest absolute Gasteiger partial charge is 0.138 e. The molecule has 0 unspecified atom stereocenters. The van der Waals surface area contributed by atoms with Gasteiger partial charge >= 0.3 is 0 Å². The molecular formula is C12H8ClN3. The van der Waals surface area contributed by atoms with Crippen molar-refractivity contribution in [1.82, 2.24) is 4.98 Å². The van der Waals surface area contributed by atoms with Crippen LogP contribution in [0, 0.1) is 11.3 Å². The third-order valence-corrected chi connectivity index (χ3v) is 2.53. The number of hydrogen-bond acceptors (Lipinski definition) is 3. The zero-order valence-corrected chi connectivity index (χ0v) is 9.07. The zero-order valence-electron chi connectivity index (χ0n) is 8.31. The van der Waals surface area contributed by atoms with Crippen LogP contribution in [0.4, 0.5) is 5.69 Å². The van der Waals surface area contributed by atoms with E-state index in [-0.39, 0.29) is 0 Å². The van der Waals surface area contributed by atoms with E-state index >= 15 is 0 Å². The SMILES string of the molecule is N#Cc1ccc(-c2c(N)ccnc2Cl)cc1. The second-order valence-electron chi connectivity index (χ2n) is 3.26. The first-order valence-corrected chi connectivity index (χ1v) is 5.00. The summed E-state index contributed by atoms with van der Waals surface area (Å²) in [7, 11) is 0. The van der Waals surface area contributed by atoms with Crippen molar-refractivity contribution in [3.05, 3.63) is 47.2 Å². The van der Waals surface area contributed by atoms with E-state index < -0.39 is 0 Å². The monoisotopic (exact) mass is 229 g/mol. The number of hydrogen-bond donors (Lipinski definition) is 1. The van der Waals surface area contributed by atoms with E-state index in [2.05, 4.69) is 11.1 Å². The Bertz CT molecular complexity index is 535. The van der Waals surface area contributed by atoms with Gasteiger partial charge in [-0.25, -0.2) is 4.98 Å². The highest BCUT2D eigenvalue weighted by molar-refractivity contribution is 6.32. The van der Waals surface area contributed by atoms with E-state index in [9.17, 15) is 0 Å². The molecule has 0 aliphatic carbocycles. The van der Waals surface area contributed by atoms with Gasteiger partial charge in [0.2, 0.25) is 0 Å². The Labute approximate surface area is 98.1 Å². The number of halogens is 1. The van der Waals surface area contributed by atoms with Crippen molar-refractivity contribution in [2.75, 3.05) is 5.73 Å². The summed E-state index contributed by atoms with van der Waals surface area (Å²) in [5, 5.41) is 9.06. The molecule has 0 aliphatic rings. The van der Waals surface area contributed by atoms with Crippen LogP contribution in [-0.2, 0) is 0 Å². The van der Waals surface area contributed by atoms with E-state index in [1.54, 1.807) is 36.5 Å². The van der Waals surface area contributed by atoms with E-state index in [0.29, 0.717) is 22.0 Å². The Kier molecular flexibility index (Phi) is 2.76. The van der Waals surface area contributed by atoms with E-state index in [0.717, 1.165) is 5.56 Å². The molecule has 1 aromatic heterocycles. The number of nitrogens with zero attached hydrogens (tertiary/aromatic N) is 2. The maximum Gasteiger partial charge on any atom is 0.138 e. The lowest BCUT2D eigenvalue weighted by molar-refractivity contribution is 1.33. The largest absolute Gasteiger partial charge is 0.398 e. The Morgan fingerprint density at radius 2 is 1.88 bits per heavy atom.